The van der Waals surface area contributed by atoms with Crippen molar-refractivity contribution in [2.75, 3.05) is 6.61 Å². The minimum absolute atomic E-state index is 0.201. The van der Waals surface area contributed by atoms with E-state index in [-0.39, 0.29) is 5.76 Å². The minimum Gasteiger partial charge on any atom is -0.487 e. The van der Waals surface area contributed by atoms with Gasteiger partial charge in [-0.3, -0.25) is 0 Å². The zero-order valence-corrected chi connectivity index (χ0v) is 4.68. The van der Waals surface area contributed by atoms with Crippen molar-refractivity contribution in [2.24, 2.45) is 0 Å². The normalized spacial score (nSPS) is 8.12. The van der Waals surface area contributed by atoms with Gasteiger partial charge in [-0.05, 0) is 13.5 Å². The van der Waals surface area contributed by atoms with E-state index >= 15 is 0 Å². The minimum atomic E-state index is -1.10. The predicted octanol–water partition coefficient (Wildman–Crippen LogP) is 0.621. The Morgan fingerprint density at radius 1 is 1.88 bits per heavy atom. The molecule has 3 nitrogen and oxygen atoms in total. The molecule has 0 unspecified atom stereocenters. The van der Waals surface area contributed by atoms with Crippen molar-refractivity contribution in [1.29, 1.82) is 0 Å². The summed E-state index contributed by atoms with van der Waals surface area (Å²) in [5.74, 6) is -1.31. The molecule has 0 heterocycles. The molecule has 0 aromatic rings. The van der Waals surface area contributed by atoms with Gasteiger partial charge in [-0.25, -0.2) is 4.79 Å². The van der Waals surface area contributed by atoms with Crippen molar-refractivity contribution >= 4 is 5.97 Å². The van der Waals surface area contributed by atoms with Crippen LogP contribution in [-0.4, -0.2) is 17.7 Å². The Bertz CT molecular complexity index is 106. The van der Waals surface area contributed by atoms with Gasteiger partial charge in [0, 0.05) is 0 Å². The van der Waals surface area contributed by atoms with Crippen LogP contribution in [0.4, 0.5) is 0 Å². The number of carbonyl (C=O) groups is 1. The average Bonchev–Trinajstić information content (AvgIpc) is 1.67. The zero-order valence-electron chi connectivity index (χ0n) is 4.68. The zero-order chi connectivity index (χ0) is 6.57. The Balaban J connectivity index is 3.49. The van der Waals surface area contributed by atoms with Crippen molar-refractivity contribution < 1.29 is 14.6 Å². The topological polar surface area (TPSA) is 46.5 Å². The predicted molar refractivity (Wildman–Crippen MR) is 28.4 cm³/mol. The summed E-state index contributed by atoms with van der Waals surface area (Å²) in [7, 11) is 0. The maximum Gasteiger partial charge on any atom is 0.370 e. The first-order valence-corrected chi connectivity index (χ1v) is 2.23. The molecule has 0 atom stereocenters. The third-order valence-electron chi connectivity index (χ3n) is 0.557. The molecular formula is C5H8O3. The molecule has 0 saturated heterocycles. The highest BCUT2D eigenvalue weighted by molar-refractivity contribution is 5.83. The van der Waals surface area contributed by atoms with Crippen LogP contribution in [0.5, 0.6) is 0 Å². The lowest BCUT2D eigenvalue weighted by atomic mass is 10.6. The molecule has 0 saturated carbocycles. The maximum absolute atomic E-state index is 9.86. The summed E-state index contributed by atoms with van der Waals surface area (Å²) in [6.45, 7) is 5.18. The Morgan fingerprint density at radius 3 is 2.50 bits per heavy atom. The molecule has 8 heavy (non-hydrogen) atoms. The molecule has 1 N–H and O–H groups in total. The largest absolute Gasteiger partial charge is 0.487 e. The Kier molecular flexibility index (Phi) is 2.69. The highest BCUT2D eigenvalue weighted by atomic mass is 16.5. The van der Waals surface area contributed by atoms with Crippen molar-refractivity contribution in [2.45, 2.75) is 6.92 Å². The standard InChI is InChI=1S/C5H8O3/c1-3-8-4(2)5(6)7/h2-3H2,1H3,(H,6,7). The molecule has 0 radical (unpaired) electrons. The fraction of sp³-hybridized carbons (Fsp3) is 0.400. The van der Waals surface area contributed by atoms with Gasteiger partial charge in [0.05, 0.1) is 6.61 Å². The van der Waals surface area contributed by atoms with Crippen LogP contribution >= 0.6 is 0 Å². The van der Waals surface area contributed by atoms with E-state index in [1.165, 1.54) is 0 Å². The van der Waals surface area contributed by atoms with E-state index in [1.807, 2.05) is 0 Å². The molecule has 0 amide bonds. The number of rotatable bonds is 3. The quantitative estimate of drug-likeness (QED) is 0.434. The second-order valence-corrected chi connectivity index (χ2v) is 1.16. The monoisotopic (exact) mass is 116 g/mol. The highest BCUT2D eigenvalue weighted by Gasteiger charge is 2.00. The second-order valence-electron chi connectivity index (χ2n) is 1.16. The van der Waals surface area contributed by atoms with Gasteiger partial charge >= 0.3 is 5.97 Å². The molecule has 0 spiro atoms. The van der Waals surface area contributed by atoms with E-state index in [2.05, 4.69) is 11.3 Å². The Hall–Kier alpha value is -0.990. The summed E-state index contributed by atoms with van der Waals surface area (Å²) in [5, 5.41) is 8.09. The molecule has 0 rings (SSSR count). The van der Waals surface area contributed by atoms with Crippen LogP contribution < -0.4 is 0 Å². The maximum atomic E-state index is 9.86. The molecule has 0 aliphatic rings. The van der Waals surface area contributed by atoms with Gasteiger partial charge in [0.1, 0.15) is 0 Å². The molecule has 0 bridgehead atoms. The first-order chi connectivity index (χ1) is 3.68. The number of ether oxygens (including phenoxy) is 1. The van der Waals surface area contributed by atoms with Gasteiger partial charge in [0.2, 0.25) is 0 Å². The summed E-state index contributed by atoms with van der Waals surface area (Å²) in [6, 6.07) is 0. The Morgan fingerprint density at radius 2 is 2.38 bits per heavy atom. The summed E-state index contributed by atoms with van der Waals surface area (Å²) >= 11 is 0. The van der Waals surface area contributed by atoms with E-state index in [0.29, 0.717) is 6.61 Å². The summed E-state index contributed by atoms with van der Waals surface area (Å²) in [5.41, 5.74) is 0. The highest BCUT2D eigenvalue weighted by Crippen LogP contribution is 1.90. The average molecular weight is 116 g/mol. The van der Waals surface area contributed by atoms with Crippen molar-refractivity contribution in [3.05, 3.63) is 12.3 Å². The molecular weight excluding hydrogens is 108 g/mol. The van der Waals surface area contributed by atoms with Crippen LogP contribution in [0.2, 0.25) is 0 Å². The van der Waals surface area contributed by atoms with Gasteiger partial charge in [0.15, 0.2) is 5.76 Å². The van der Waals surface area contributed by atoms with Gasteiger partial charge < -0.3 is 9.84 Å². The van der Waals surface area contributed by atoms with Gasteiger partial charge in [0.25, 0.3) is 0 Å². The van der Waals surface area contributed by atoms with E-state index < -0.39 is 5.97 Å². The molecule has 0 fully saturated rings. The fourth-order valence-electron chi connectivity index (χ4n) is 0.236. The van der Waals surface area contributed by atoms with Gasteiger partial charge in [-0.15, -0.1) is 0 Å². The van der Waals surface area contributed by atoms with E-state index in [0.717, 1.165) is 0 Å². The summed E-state index contributed by atoms with van der Waals surface area (Å²) in [4.78, 5) is 9.86. The molecule has 3 heteroatoms. The number of aliphatic carboxylic acids is 1. The van der Waals surface area contributed by atoms with Crippen molar-refractivity contribution in [3.63, 3.8) is 0 Å². The third kappa shape index (κ3) is 2.23. The van der Waals surface area contributed by atoms with Crippen molar-refractivity contribution in [1.82, 2.24) is 0 Å². The summed E-state index contributed by atoms with van der Waals surface area (Å²) < 4.78 is 4.51. The second kappa shape index (κ2) is 3.07. The third-order valence-corrected chi connectivity index (χ3v) is 0.557. The molecule has 0 aromatic carbocycles. The van der Waals surface area contributed by atoms with E-state index in [9.17, 15) is 4.79 Å². The number of hydrogen-bond acceptors (Lipinski definition) is 2. The molecule has 0 aliphatic heterocycles. The smallest absolute Gasteiger partial charge is 0.370 e. The lowest BCUT2D eigenvalue weighted by Crippen LogP contribution is -2.02. The lowest BCUT2D eigenvalue weighted by Gasteiger charge is -1.97. The molecule has 0 aromatic heterocycles. The Labute approximate surface area is 47.6 Å². The van der Waals surface area contributed by atoms with Crippen LogP contribution in [0.3, 0.4) is 0 Å². The van der Waals surface area contributed by atoms with Crippen LogP contribution in [0.25, 0.3) is 0 Å². The van der Waals surface area contributed by atoms with Crippen LogP contribution in [0.1, 0.15) is 6.92 Å². The number of carboxylic acids is 1. The molecule has 0 aliphatic carbocycles. The van der Waals surface area contributed by atoms with E-state index in [1.54, 1.807) is 6.92 Å². The van der Waals surface area contributed by atoms with E-state index in [4.69, 9.17) is 5.11 Å². The number of carboxylic acid groups (broad SMARTS) is 1. The summed E-state index contributed by atoms with van der Waals surface area (Å²) in [6.07, 6.45) is 0. The van der Waals surface area contributed by atoms with Crippen LogP contribution in [0, 0.1) is 0 Å². The lowest BCUT2D eigenvalue weighted by molar-refractivity contribution is -0.136. The molecule has 46 valence electrons. The fourth-order valence-corrected chi connectivity index (χ4v) is 0.236. The first-order valence-electron chi connectivity index (χ1n) is 2.23. The SMILES string of the molecule is C=C(OCC)C(=O)O. The van der Waals surface area contributed by atoms with Crippen LogP contribution in [-0.2, 0) is 9.53 Å². The number of hydrogen-bond donors (Lipinski definition) is 1. The van der Waals surface area contributed by atoms with Crippen molar-refractivity contribution in [3.8, 4) is 0 Å². The van der Waals surface area contributed by atoms with Gasteiger partial charge in [-0.1, -0.05) is 0 Å². The van der Waals surface area contributed by atoms with Gasteiger partial charge in [-0.2, -0.15) is 0 Å². The van der Waals surface area contributed by atoms with Crippen LogP contribution in [0.15, 0.2) is 12.3 Å². The first kappa shape index (κ1) is 7.01.